The first kappa shape index (κ1) is 13.0. The number of aromatic amines is 1. The summed E-state index contributed by atoms with van der Waals surface area (Å²) in [7, 11) is 1.17. The van der Waals surface area contributed by atoms with Crippen LogP contribution < -0.4 is 0 Å². The van der Waals surface area contributed by atoms with Crippen LogP contribution in [0.15, 0.2) is 29.3 Å². The maximum Gasteiger partial charge on any atom is 0.347 e. The van der Waals surface area contributed by atoms with Gasteiger partial charge in [0.15, 0.2) is 11.3 Å². The van der Waals surface area contributed by atoms with Crippen molar-refractivity contribution in [1.29, 1.82) is 0 Å². The van der Waals surface area contributed by atoms with Gasteiger partial charge in [-0.3, -0.25) is 4.99 Å². The van der Waals surface area contributed by atoms with E-state index in [-0.39, 0.29) is 17.0 Å². The number of allylic oxidation sites excluding steroid dienone is 1. The number of rotatable bonds is 2. The van der Waals surface area contributed by atoms with Gasteiger partial charge >= 0.3 is 5.97 Å². The molecule has 0 spiro atoms. The van der Waals surface area contributed by atoms with E-state index in [0.717, 1.165) is 16.8 Å². The number of carbonyl (C=O) groups is 1. The monoisotopic (exact) mass is 284 g/mol. The van der Waals surface area contributed by atoms with Crippen LogP contribution in [0.3, 0.4) is 0 Å². The number of H-pyrrole nitrogens is 1. The summed E-state index contributed by atoms with van der Waals surface area (Å²) in [6, 6.07) is 7.54. The number of hydrogen-bond donors (Lipinski definition) is 3. The second-order valence-corrected chi connectivity index (χ2v) is 4.48. The Hall–Kier alpha value is -3.02. The summed E-state index contributed by atoms with van der Waals surface area (Å²) in [6.07, 6.45) is 3.26. The van der Waals surface area contributed by atoms with Crippen LogP contribution in [-0.2, 0) is 4.74 Å². The molecule has 6 heteroatoms. The fraction of sp³-hybridized carbons (Fsp3) is 0.0667. The topological polar surface area (TPSA) is 94.9 Å². The predicted octanol–water partition coefficient (Wildman–Crippen LogP) is 2.47. The van der Waals surface area contributed by atoms with Gasteiger partial charge in [0.05, 0.1) is 18.5 Å². The molecule has 0 radical (unpaired) electrons. The number of aromatic hydroxyl groups is 2. The summed E-state index contributed by atoms with van der Waals surface area (Å²) in [5.41, 5.74) is 2.43. The Labute approximate surface area is 120 Å². The average Bonchev–Trinajstić information content (AvgIpc) is 3.01. The summed E-state index contributed by atoms with van der Waals surface area (Å²) >= 11 is 0. The smallest absolute Gasteiger partial charge is 0.347 e. The van der Waals surface area contributed by atoms with Crippen molar-refractivity contribution in [2.75, 3.05) is 7.11 Å². The second-order valence-electron chi connectivity index (χ2n) is 4.48. The lowest BCUT2D eigenvalue weighted by atomic mass is 10.1. The molecule has 21 heavy (non-hydrogen) atoms. The molecule has 0 fully saturated rings. The lowest BCUT2D eigenvalue weighted by Gasteiger charge is -1.99. The van der Waals surface area contributed by atoms with Crippen molar-refractivity contribution in [2.45, 2.75) is 0 Å². The van der Waals surface area contributed by atoms with E-state index >= 15 is 0 Å². The van der Waals surface area contributed by atoms with Crippen LogP contribution in [0.5, 0.6) is 11.6 Å². The highest BCUT2D eigenvalue weighted by molar-refractivity contribution is 6.21. The molecule has 0 aliphatic carbocycles. The van der Waals surface area contributed by atoms with Crippen LogP contribution in [0.4, 0.5) is 5.69 Å². The summed E-state index contributed by atoms with van der Waals surface area (Å²) in [5, 5.41) is 19.7. The standard InChI is InChI=1S/C15H12N2O4/c1-21-15(20)12-13(18)11(17-14(12)19)6-8-7-16-10-5-3-2-4-9(8)10/h2-7,17-19H,1H3/b8-6+. The molecule has 1 aromatic heterocycles. The van der Waals surface area contributed by atoms with E-state index < -0.39 is 11.8 Å². The highest BCUT2D eigenvalue weighted by Crippen LogP contribution is 2.36. The molecule has 1 aromatic carbocycles. The maximum atomic E-state index is 11.5. The first-order valence-electron chi connectivity index (χ1n) is 6.19. The number of aliphatic imine (C=N–C) groups is 1. The van der Waals surface area contributed by atoms with Crippen molar-refractivity contribution < 1.29 is 19.7 Å². The molecular weight excluding hydrogens is 272 g/mol. The van der Waals surface area contributed by atoms with Crippen LogP contribution >= 0.6 is 0 Å². The third kappa shape index (κ3) is 2.06. The molecular formula is C15H12N2O4. The van der Waals surface area contributed by atoms with E-state index in [2.05, 4.69) is 14.7 Å². The van der Waals surface area contributed by atoms with Crippen LogP contribution in [0, 0.1) is 0 Å². The Morgan fingerprint density at radius 2 is 2.10 bits per heavy atom. The van der Waals surface area contributed by atoms with Crippen molar-refractivity contribution in [3.8, 4) is 11.6 Å². The zero-order valence-corrected chi connectivity index (χ0v) is 11.1. The Morgan fingerprint density at radius 3 is 2.86 bits per heavy atom. The molecule has 106 valence electrons. The summed E-state index contributed by atoms with van der Waals surface area (Å²) in [4.78, 5) is 18.3. The van der Waals surface area contributed by atoms with Crippen LogP contribution in [-0.4, -0.2) is 34.5 Å². The second kappa shape index (κ2) is 4.82. The lowest BCUT2D eigenvalue weighted by molar-refractivity contribution is 0.0594. The molecule has 2 aromatic rings. The number of nitrogens with zero attached hydrogens (tertiary/aromatic N) is 1. The van der Waals surface area contributed by atoms with Gasteiger partial charge in [0.2, 0.25) is 5.88 Å². The van der Waals surface area contributed by atoms with Gasteiger partial charge in [-0.25, -0.2) is 4.79 Å². The van der Waals surface area contributed by atoms with E-state index in [0.29, 0.717) is 0 Å². The van der Waals surface area contributed by atoms with Gasteiger partial charge in [-0.2, -0.15) is 0 Å². The zero-order chi connectivity index (χ0) is 15.0. The average molecular weight is 284 g/mol. The Morgan fingerprint density at radius 1 is 1.33 bits per heavy atom. The number of nitrogens with one attached hydrogen (secondary N) is 1. The van der Waals surface area contributed by atoms with Crippen LogP contribution in [0.1, 0.15) is 21.6 Å². The molecule has 3 N–H and O–H groups in total. The fourth-order valence-corrected chi connectivity index (χ4v) is 2.21. The van der Waals surface area contributed by atoms with Gasteiger partial charge in [-0.1, -0.05) is 18.2 Å². The highest BCUT2D eigenvalue weighted by atomic mass is 16.5. The minimum atomic E-state index is -0.814. The molecule has 0 amide bonds. The molecule has 0 saturated carbocycles. The summed E-state index contributed by atoms with van der Waals surface area (Å²) in [5.74, 6) is -1.61. The quantitative estimate of drug-likeness (QED) is 0.738. The highest BCUT2D eigenvalue weighted by Gasteiger charge is 2.23. The number of fused-ring (bicyclic) bond motifs is 1. The maximum absolute atomic E-state index is 11.5. The molecule has 3 rings (SSSR count). The lowest BCUT2D eigenvalue weighted by Crippen LogP contribution is -1.99. The van der Waals surface area contributed by atoms with Crippen molar-refractivity contribution in [3.63, 3.8) is 0 Å². The van der Waals surface area contributed by atoms with E-state index in [1.54, 1.807) is 12.3 Å². The number of aromatic nitrogens is 1. The molecule has 0 bridgehead atoms. The van der Waals surface area contributed by atoms with Gasteiger partial charge in [-0.15, -0.1) is 0 Å². The number of hydrogen-bond acceptors (Lipinski definition) is 5. The van der Waals surface area contributed by atoms with Crippen molar-refractivity contribution >= 4 is 29.5 Å². The van der Waals surface area contributed by atoms with E-state index in [9.17, 15) is 15.0 Å². The molecule has 1 aliphatic heterocycles. The number of esters is 1. The Bertz CT molecular complexity index is 787. The largest absolute Gasteiger partial charge is 0.505 e. The third-order valence-electron chi connectivity index (χ3n) is 3.23. The summed E-state index contributed by atoms with van der Waals surface area (Å²) in [6.45, 7) is 0. The third-order valence-corrected chi connectivity index (χ3v) is 3.23. The molecule has 1 aliphatic rings. The molecule has 0 unspecified atom stereocenters. The number of carbonyl (C=O) groups excluding carboxylic acids is 1. The van der Waals surface area contributed by atoms with Crippen molar-refractivity contribution in [3.05, 3.63) is 41.1 Å². The van der Waals surface area contributed by atoms with Gasteiger partial charge in [-0.05, 0) is 12.1 Å². The predicted molar refractivity (Wildman–Crippen MR) is 77.9 cm³/mol. The van der Waals surface area contributed by atoms with Crippen LogP contribution in [0.25, 0.3) is 11.6 Å². The first-order chi connectivity index (χ1) is 10.1. The van der Waals surface area contributed by atoms with Gasteiger partial charge in [0.25, 0.3) is 0 Å². The van der Waals surface area contributed by atoms with Gasteiger partial charge in [0, 0.05) is 17.4 Å². The van der Waals surface area contributed by atoms with E-state index in [1.807, 2.05) is 24.3 Å². The minimum absolute atomic E-state index is 0.214. The van der Waals surface area contributed by atoms with Gasteiger partial charge < -0.3 is 19.9 Å². The zero-order valence-electron chi connectivity index (χ0n) is 11.1. The SMILES string of the molecule is COC(=O)c1c(O)[nH]c(/C=C2\C=Nc3ccccc32)c1O. The minimum Gasteiger partial charge on any atom is -0.505 e. The first-order valence-corrected chi connectivity index (χ1v) is 6.19. The Kier molecular flexibility index (Phi) is 2.98. The number of para-hydroxylation sites is 1. The molecule has 0 saturated heterocycles. The fourth-order valence-electron chi connectivity index (χ4n) is 2.21. The number of methoxy groups -OCH3 is 1. The van der Waals surface area contributed by atoms with Gasteiger partial charge in [0.1, 0.15) is 0 Å². The normalized spacial score (nSPS) is 14.4. The molecule has 0 atom stereocenters. The number of benzene rings is 1. The van der Waals surface area contributed by atoms with E-state index in [4.69, 9.17) is 0 Å². The summed E-state index contributed by atoms with van der Waals surface area (Å²) < 4.78 is 4.51. The van der Waals surface area contributed by atoms with Crippen molar-refractivity contribution in [2.24, 2.45) is 4.99 Å². The van der Waals surface area contributed by atoms with Crippen molar-refractivity contribution in [1.82, 2.24) is 4.98 Å². The molecule has 6 nitrogen and oxygen atoms in total. The van der Waals surface area contributed by atoms with E-state index in [1.165, 1.54) is 7.11 Å². The number of ether oxygens (including phenoxy) is 1. The molecule has 2 heterocycles. The van der Waals surface area contributed by atoms with Crippen LogP contribution in [0.2, 0.25) is 0 Å². The Balaban J connectivity index is 2.06.